The average Bonchev–Trinajstić information content (AvgIpc) is 3.31. The van der Waals surface area contributed by atoms with E-state index in [1.165, 1.54) is 7.11 Å². The molecule has 0 aliphatic heterocycles. The van der Waals surface area contributed by atoms with Crippen molar-refractivity contribution in [1.29, 1.82) is 0 Å². The lowest BCUT2D eigenvalue weighted by Gasteiger charge is -2.15. The number of rotatable bonds is 2. The Balaban J connectivity index is 1.86. The zero-order chi connectivity index (χ0) is 22.0. The first-order chi connectivity index (χ1) is 15.5. The van der Waals surface area contributed by atoms with Crippen molar-refractivity contribution in [3.8, 4) is 22.3 Å². The molecule has 2 aliphatic carbocycles. The highest BCUT2D eigenvalue weighted by molar-refractivity contribution is 7.87. The van der Waals surface area contributed by atoms with Crippen molar-refractivity contribution in [3.63, 3.8) is 0 Å². The van der Waals surface area contributed by atoms with Gasteiger partial charge in [0.2, 0.25) is 0 Å². The molecule has 0 radical (unpaired) electrons. The van der Waals surface area contributed by atoms with Crippen LogP contribution < -0.4 is 0 Å². The molecule has 32 heavy (non-hydrogen) atoms. The van der Waals surface area contributed by atoms with Gasteiger partial charge in [-0.3, -0.25) is 4.18 Å². The molecule has 5 heteroatoms. The highest BCUT2D eigenvalue weighted by Gasteiger charge is 2.37. The summed E-state index contributed by atoms with van der Waals surface area (Å²) in [5, 5.41) is 0.149. The number of halogens is 1. The summed E-state index contributed by atoms with van der Waals surface area (Å²) in [4.78, 5) is 0.0136. The molecule has 0 heterocycles. The van der Waals surface area contributed by atoms with Crippen molar-refractivity contribution in [1.82, 2.24) is 0 Å². The van der Waals surface area contributed by atoms with Crippen molar-refractivity contribution in [2.24, 2.45) is 0 Å². The number of hydrogen-bond acceptors (Lipinski definition) is 3. The second kappa shape index (κ2) is 6.91. The topological polar surface area (TPSA) is 43.4 Å². The van der Waals surface area contributed by atoms with E-state index in [9.17, 15) is 8.42 Å². The maximum Gasteiger partial charge on any atom is 0.298 e. The van der Waals surface area contributed by atoms with Crippen LogP contribution in [-0.4, -0.2) is 15.5 Å². The minimum Gasteiger partial charge on any atom is -0.270 e. The molecule has 0 atom stereocenters. The van der Waals surface area contributed by atoms with E-state index in [1.807, 2.05) is 54.6 Å². The van der Waals surface area contributed by atoms with Crippen LogP contribution in [0.3, 0.4) is 0 Å². The van der Waals surface area contributed by atoms with Crippen LogP contribution in [0.15, 0.2) is 89.8 Å². The van der Waals surface area contributed by atoms with Gasteiger partial charge in [0, 0.05) is 11.1 Å². The molecule has 0 bridgehead atoms. The van der Waals surface area contributed by atoms with E-state index in [1.54, 1.807) is 6.07 Å². The minimum atomic E-state index is -4.06. The molecule has 0 saturated carbocycles. The van der Waals surface area contributed by atoms with Gasteiger partial charge in [0.25, 0.3) is 10.1 Å². The Morgan fingerprint density at radius 1 is 0.594 bits per heavy atom. The van der Waals surface area contributed by atoms with Crippen molar-refractivity contribution in [3.05, 3.63) is 112 Å². The second-order valence-corrected chi connectivity index (χ2v) is 9.86. The predicted molar refractivity (Wildman–Crippen MR) is 128 cm³/mol. The highest BCUT2D eigenvalue weighted by atomic mass is 35.5. The van der Waals surface area contributed by atoms with Gasteiger partial charge in [-0.15, -0.1) is 0 Å². The second-order valence-electron chi connectivity index (χ2n) is 7.81. The molecule has 0 unspecified atom stereocenters. The summed E-state index contributed by atoms with van der Waals surface area (Å²) in [5.74, 6) is 0. The van der Waals surface area contributed by atoms with Gasteiger partial charge in [-0.05, 0) is 50.6 Å². The molecule has 6 rings (SSSR count). The molecule has 0 saturated heterocycles. The monoisotopic (exact) mass is 456 g/mol. The molecule has 3 nitrogen and oxygen atoms in total. The molecule has 0 fully saturated rings. The number of hydrogen-bond donors (Lipinski definition) is 0. The quantitative estimate of drug-likeness (QED) is 0.274. The van der Waals surface area contributed by atoms with Crippen LogP contribution in [0.5, 0.6) is 0 Å². The predicted octanol–water partition coefficient (Wildman–Crippen LogP) is 6.64. The molecule has 4 aromatic carbocycles. The Bertz CT molecular complexity index is 1540. The third-order valence-corrected chi connectivity index (χ3v) is 8.04. The first-order valence-electron chi connectivity index (χ1n) is 10.2. The van der Waals surface area contributed by atoms with Gasteiger partial charge < -0.3 is 0 Å². The fourth-order valence-corrected chi connectivity index (χ4v) is 6.35. The van der Waals surface area contributed by atoms with Crippen molar-refractivity contribution in [2.45, 2.75) is 4.90 Å². The lowest BCUT2D eigenvalue weighted by molar-refractivity contribution is 0.397. The largest absolute Gasteiger partial charge is 0.298 e. The Morgan fingerprint density at radius 2 is 1.03 bits per heavy atom. The number of fused-ring (bicyclic) bond motifs is 6. The lowest BCUT2D eigenvalue weighted by Crippen LogP contribution is -2.07. The van der Waals surface area contributed by atoms with Gasteiger partial charge in [0.15, 0.2) is 0 Å². The van der Waals surface area contributed by atoms with Crippen LogP contribution in [-0.2, 0) is 14.3 Å². The summed E-state index contributed by atoms with van der Waals surface area (Å²) >= 11 is 6.50. The van der Waals surface area contributed by atoms with E-state index in [2.05, 4.69) is 24.3 Å². The molecule has 0 spiro atoms. The first-order valence-corrected chi connectivity index (χ1v) is 12.0. The van der Waals surface area contributed by atoms with Crippen LogP contribution in [0.4, 0.5) is 0 Å². The van der Waals surface area contributed by atoms with Crippen LogP contribution in [0.1, 0.15) is 22.3 Å². The zero-order valence-electron chi connectivity index (χ0n) is 17.1. The van der Waals surface area contributed by atoms with E-state index in [4.69, 9.17) is 15.8 Å². The highest BCUT2D eigenvalue weighted by Crippen LogP contribution is 2.56. The third kappa shape index (κ3) is 2.54. The van der Waals surface area contributed by atoms with Crippen LogP contribution >= 0.6 is 11.6 Å². The fraction of sp³-hybridized carbons (Fsp3) is 0.0370. The van der Waals surface area contributed by atoms with Crippen molar-refractivity contribution < 1.29 is 12.6 Å². The summed E-state index contributed by atoms with van der Waals surface area (Å²) in [6.45, 7) is 0. The third-order valence-electron chi connectivity index (χ3n) is 6.25. The molecule has 156 valence electrons. The molecule has 0 amide bonds. The van der Waals surface area contributed by atoms with Gasteiger partial charge >= 0.3 is 0 Å². The minimum absolute atomic E-state index is 0.0136. The molecular formula is C27H17ClO3S. The summed E-state index contributed by atoms with van der Waals surface area (Å²) in [7, 11) is -2.89. The normalized spacial score (nSPS) is 13.6. The van der Waals surface area contributed by atoms with Gasteiger partial charge in [0.05, 0.1) is 12.1 Å². The van der Waals surface area contributed by atoms with Crippen LogP contribution in [0.2, 0.25) is 5.02 Å². The Kier molecular flexibility index (Phi) is 4.21. The lowest BCUT2D eigenvalue weighted by atomic mass is 9.91. The van der Waals surface area contributed by atoms with Crippen molar-refractivity contribution in [2.75, 3.05) is 7.11 Å². The van der Waals surface area contributed by atoms with Crippen LogP contribution in [0, 0.1) is 0 Å². The van der Waals surface area contributed by atoms with Crippen LogP contribution in [0.25, 0.3) is 33.4 Å². The van der Waals surface area contributed by atoms with Gasteiger partial charge in [-0.1, -0.05) is 90.5 Å². The van der Waals surface area contributed by atoms with Gasteiger partial charge in [-0.25, -0.2) is 0 Å². The standard InChI is InChI=1S/C27H17ClO3S/c1-31-32(29,30)27-23(28)15-14-22-18-10-4-7-13-21(18)25(26(22)27)24-19-11-5-2-8-16(19)17-9-3-6-12-20(17)24/h2-15H,1H3. The van der Waals surface area contributed by atoms with E-state index in [0.717, 1.165) is 50.1 Å². The average molecular weight is 457 g/mol. The zero-order valence-corrected chi connectivity index (χ0v) is 18.7. The van der Waals surface area contributed by atoms with E-state index in [-0.39, 0.29) is 9.92 Å². The molecular weight excluding hydrogens is 440 g/mol. The fourth-order valence-electron chi connectivity index (χ4n) is 4.97. The van der Waals surface area contributed by atoms with Gasteiger partial charge in [-0.2, -0.15) is 8.42 Å². The van der Waals surface area contributed by atoms with E-state index >= 15 is 0 Å². The van der Waals surface area contributed by atoms with Gasteiger partial charge in [0.1, 0.15) is 4.90 Å². The van der Waals surface area contributed by atoms with E-state index < -0.39 is 10.1 Å². The molecule has 4 aromatic rings. The number of benzene rings is 4. The Hall–Kier alpha value is -3.18. The maximum absolute atomic E-state index is 13.1. The van der Waals surface area contributed by atoms with Crippen molar-refractivity contribution >= 4 is 32.9 Å². The summed E-state index contributed by atoms with van der Waals surface area (Å²) in [6.07, 6.45) is 0. The molecule has 2 aliphatic rings. The maximum atomic E-state index is 13.1. The molecule has 0 N–H and O–H groups in total. The summed E-state index contributed by atoms with van der Waals surface area (Å²) in [6, 6.07) is 28.0. The smallest absolute Gasteiger partial charge is 0.270 e. The Morgan fingerprint density at radius 3 is 1.53 bits per heavy atom. The molecule has 0 aromatic heterocycles. The Labute approximate surface area is 191 Å². The summed E-state index contributed by atoms with van der Waals surface area (Å²) in [5.41, 5.74) is 9.70. The summed E-state index contributed by atoms with van der Waals surface area (Å²) < 4.78 is 31.1. The first kappa shape index (κ1) is 19.5. The SMILES string of the molecule is COS(=O)(=O)c1c(Cl)ccc2c1C(=C1c3ccccc3-c3ccccc31)c1ccccc1-2. The van der Waals surface area contributed by atoms with E-state index in [0.29, 0.717) is 5.56 Å².